The fraction of sp³-hybridized carbons (Fsp3) is 0.400. The Morgan fingerprint density at radius 1 is 1.44 bits per heavy atom. The van der Waals surface area contributed by atoms with Gasteiger partial charge in [0.05, 0.1) is 12.4 Å². The van der Waals surface area contributed by atoms with Crippen LogP contribution in [0.4, 0.5) is 0 Å². The molecule has 8 heteroatoms. The monoisotopic (exact) mass is 269 g/mol. The van der Waals surface area contributed by atoms with E-state index in [2.05, 4.69) is 19.8 Å². The number of aromatic nitrogens is 4. The largest absolute Gasteiger partial charge is 0.332 e. The van der Waals surface area contributed by atoms with Crippen molar-refractivity contribution in [2.24, 2.45) is 7.05 Å². The molecular formula is C10H15N5O2S. The molecule has 18 heavy (non-hydrogen) atoms. The Bertz CT molecular complexity index is 628. The third-order valence-corrected chi connectivity index (χ3v) is 3.80. The second-order valence-corrected chi connectivity index (χ2v) is 5.74. The second kappa shape index (κ2) is 4.91. The van der Waals surface area contributed by atoms with Crippen LogP contribution in [0.1, 0.15) is 11.4 Å². The van der Waals surface area contributed by atoms with Crippen LogP contribution in [0.2, 0.25) is 0 Å². The first-order valence-electron chi connectivity index (χ1n) is 5.46. The average molecular weight is 269 g/mol. The van der Waals surface area contributed by atoms with E-state index in [1.807, 2.05) is 13.2 Å². The zero-order valence-electron chi connectivity index (χ0n) is 10.2. The predicted octanol–water partition coefficient (Wildman–Crippen LogP) is -0.0274. The van der Waals surface area contributed by atoms with Gasteiger partial charge in [0.15, 0.2) is 5.03 Å². The summed E-state index contributed by atoms with van der Waals surface area (Å²) in [5, 5.41) is 4.11. The molecule has 98 valence electrons. The van der Waals surface area contributed by atoms with Gasteiger partial charge in [0.2, 0.25) is 0 Å². The minimum absolute atomic E-state index is 0.0891. The zero-order chi connectivity index (χ0) is 13.2. The molecule has 0 fully saturated rings. The van der Waals surface area contributed by atoms with Crippen LogP contribution in [0, 0.1) is 6.92 Å². The number of nitrogens with zero attached hydrogens (tertiary/aromatic N) is 3. The molecule has 0 aliphatic carbocycles. The number of rotatable bonds is 5. The molecule has 2 N–H and O–H groups in total. The number of hydrogen-bond donors (Lipinski definition) is 2. The van der Waals surface area contributed by atoms with E-state index in [0.717, 1.165) is 5.56 Å². The Balaban J connectivity index is 1.93. The van der Waals surface area contributed by atoms with E-state index < -0.39 is 10.0 Å². The second-order valence-electron chi connectivity index (χ2n) is 4.00. The molecule has 0 saturated heterocycles. The first-order valence-corrected chi connectivity index (χ1v) is 6.94. The number of aromatic amines is 1. The smallest absolute Gasteiger partial charge is 0.257 e. The number of sulfonamides is 1. The molecule has 2 aromatic rings. The van der Waals surface area contributed by atoms with E-state index in [9.17, 15) is 8.42 Å². The molecule has 2 aromatic heterocycles. The summed E-state index contributed by atoms with van der Waals surface area (Å²) >= 11 is 0. The van der Waals surface area contributed by atoms with Crippen LogP contribution in [0.3, 0.4) is 0 Å². The van der Waals surface area contributed by atoms with Gasteiger partial charge in [-0.2, -0.15) is 5.10 Å². The average Bonchev–Trinajstić information content (AvgIpc) is 2.88. The van der Waals surface area contributed by atoms with Gasteiger partial charge in [-0.05, 0) is 18.9 Å². The van der Waals surface area contributed by atoms with Crippen molar-refractivity contribution in [3.8, 4) is 0 Å². The number of imidazole rings is 1. The summed E-state index contributed by atoms with van der Waals surface area (Å²) in [6, 6.07) is 0. The van der Waals surface area contributed by atoms with E-state index in [1.165, 1.54) is 6.20 Å². The van der Waals surface area contributed by atoms with Crippen molar-refractivity contribution in [3.05, 3.63) is 30.0 Å². The highest BCUT2D eigenvalue weighted by molar-refractivity contribution is 7.89. The van der Waals surface area contributed by atoms with Crippen LogP contribution < -0.4 is 4.72 Å². The van der Waals surface area contributed by atoms with Gasteiger partial charge >= 0.3 is 0 Å². The highest BCUT2D eigenvalue weighted by Gasteiger charge is 2.15. The molecule has 0 saturated carbocycles. The van der Waals surface area contributed by atoms with Crippen LogP contribution in [0.5, 0.6) is 0 Å². The van der Waals surface area contributed by atoms with Gasteiger partial charge < -0.3 is 4.98 Å². The third kappa shape index (κ3) is 2.96. The van der Waals surface area contributed by atoms with Crippen molar-refractivity contribution in [2.75, 3.05) is 6.54 Å². The Morgan fingerprint density at radius 3 is 2.78 bits per heavy atom. The fourth-order valence-electron chi connectivity index (χ4n) is 1.54. The number of nitrogens with one attached hydrogen (secondary N) is 2. The number of hydrogen-bond acceptors (Lipinski definition) is 4. The summed E-state index contributed by atoms with van der Waals surface area (Å²) in [7, 11) is -1.68. The maximum Gasteiger partial charge on any atom is 0.257 e. The first kappa shape index (κ1) is 12.8. The van der Waals surface area contributed by atoms with Crippen molar-refractivity contribution in [1.29, 1.82) is 0 Å². The maximum atomic E-state index is 11.8. The van der Waals surface area contributed by atoms with Gasteiger partial charge in [-0.3, -0.25) is 4.68 Å². The van der Waals surface area contributed by atoms with Crippen molar-refractivity contribution >= 4 is 10.0 Å². The quantitative estimate of drug-likeness (QED) is 0.797. The van der Waals surface area contributed by atoms with E-state index in [0.29, 0.717) is 18.8 Å². The lowest BCUT2D eigenvalue weighted by Gasteiger charge is -2.03. The molecule has 0 unspecified atom stereocenters. The molecule has 0 aliphatic rings. The zero-order valence-corrected chi connectivity index (χ0v) is 11.0. The lowest BCUT2D eigenvalue weighted by Crippen LogP contribution is -2.26. The van der Waals surface area contributed by atoms with E-state index in [1.54, 1.807) is 17.8 Å². The minimum atomic E-state index is -3.50. The van der Waals surface area contributed by atoms with Gasteiger partial charge in [0.25, 0.3) is 10.0 Å². The highest BCUT2D eigenvalue weighted by atomic mass is 32.2. The summed E-state index contributed by atoms with van der Waals surface area (Å²) in [6.45, 7) is 2.03. The van der Waals surface area contributed by atoms with Gasteiger partial charge in [0.1, 0.15) is 5.82 Å². The molecule has 0 bridgehead atoms. The van der Waals surface area contributed by atoms with Crippen LogP contribution in [-0.4, -0.2) is 34.7 Å². The van der Waals surface area contributed by atoms with Crippen molar-refractivity contribution in [2.45, 2.75) is 18.4 Å². The van der Waals surface area contributed by atoms with Gasteiger partial charge in [-0.15, -0.1) is 0 Å². The molecule has 2 heterocycles. The first-order chi connectivity index (χ1) is 8.47. The molecule has 0 spiro atoms. The number of aryl methyl sites for hydroxylation is 2. The summed E-state index contributed by atoms with van der Waals surface area (Å²) in [5.74, 6) is 0.572. The van der Waals surface area contributed by atoms with Gasteiger partial charge in [-0.1, -0.05) is 0 Å². The van der Waals surface area contributed by atoms with Crippen molar-refractivity contribution < 1.29 is 8.42 Å². The normalized spacial score (nSPS) is 11.9. The lowest BCUT2D eigenvalue weighted by molar-refractivity contribution is 0.578. The van der Waals surface area contributed by atoms with E-state index in [-0.39, 0.29) is 5.03 Å². The molecule has 2 rings (SSSR count). The van der Waals surface area contributed by atoms with Gasteiger partial charge in [0, 0.05) is 19.8 Å². The van der Waals surface area contributed by atoms with Crippen LogP contribution in [0.25, 0.3) is 0 Å². The summed E-state index contributed by atoms with van der Waals surface area (Å²) in [5.41, 5.74) is 0.987. The molecule has 0 radical (unpaired) electrons. The summed E-state index contributed by atoms with van der Waals surface area (Å²) in [4.78, 5) is 6.56. The third-order valence-electron chi connectivity index (χ3n) is 2.43. The van der Waals surface area contributed by atoms with E-state index >= 15 is 0 Å². The van der Waals surface area contributed by atoms with Gasteiger partial charge in [-0.25, -0.2) is 18.1 Å². The summed E-state index contributed by atoms with van der Waals surface area (Å²) in [6.07, 6.45) is 5.48. The van der Waals surface area contributed by atoms with Crippen molar-refractivity contribution in [3.63, 3.8) is 0 Å². The Labute approximate surface area is 105 Å². The van der Waals surface area contributed by atoms with Crippen LogP contribution in [0.15, 0.2) is 23.6 Å². The SMILES string of the molecule is Cc1ncc(S(=O)(=O)NCCc2cnn(C)c2)[nH]1. The molecule has 7 nitrogen and oxygen atoms in total. The molecule has 0 aromatic carbocycles. The molecular weight excluding hydrogens is 254 g/mol. The standard InChI is InChI=1S/C10H15N5O2S/c1-8-11-6-10(14-8)18(16,17)13-4-3-9-5-12-15(2)7-9/h5-7,13H,3-4H2,1-2H3,(H,11,14). The highest BCUT2D eigenvalue weighted by Crippen LogP contribution is 2.05. The lowest BCUT2D eigenvalue weighted by atomic mass is 10.3. The molecule has 0 aliphatic heterocycles. The Kier molecular flexibility index (Phi) is 3.48. The Hall–Kier alpha value is -1.67. The summed E-state index contributed by atoms with van der Waals surface area (Å²) < 4.78 is 27.9. The minimum Gasteiger partial charge on any atom is -0.332 e. The molecule has 0 atom stereocenters. The maximum absolute atomic E-state index is 11.8. The fourth-order valence-corrected chi connectivity index (χ4v) is 2.54. The van der Waals surface area contributed by atoms with Crippen LogP contribution in [-0.2, 0) is 23.5 Å². The van der Waals surface area contributed by atoms with Crippen molar-refractivity contribution in [1.82, 2.24) is 24.5 Å². The predicted molar refractivity (Wildman–Crippen MR) is 65.4 cm³/mol. The Morgan fingerprint density at radius 2 is 2.22 bits per heavy atom. The van der Waals surface area contributed by atoms with E-state index in [4.69, 9.17) is 0 Å². The van der Waals surface area contributed by atoms with Crippen LogP contribution >= 0.6 is 0 Å². The number of H-pyrrole nitrogens is 1. The topological polar surface area (TPSA) is 92.7 Å². The molecule has 0 amide bonds.